The summed E-state index contributed by atoms with van der Waals surface area (Å²) in [5.41, 5.74) is 11.1. The summed E-state index contributed by atoms with van der Waals surface area (Å²) in [5.74, 6) is -5.15. The summed E-state index contributed by atoms with van der Waals surface area (Å²) in [4.78, 5) is 66.5. The third-order valence-corrected chi connectivity index (χ3v) is 4.62. The van der Waals surface area contributed by atoms with E-state index in [0.717, 1.165) is 0 Å². The lowest BCUT2D eigenvalue weighted by Gasteiger charge is -2.25. The SMILES string of the molecule is CC(O)C(NC(=O)C(N)CS)C(=O)NC(CC(N)=O)C(=O)NC(Cc1cnc[nH]1)C(=O)O. The van der Waals surface area contributed by atoms with Crippen LogP contribution in [0.3, 0.4) is 0 Å². The van der Waals surface area contributed by atoms with Crippen molar-refractivity contribution in [3.8, 4) is 0 Å². The summed E-state index contributed by atoms with van der Waals surface area (Å²) in [6, 6.07) is -5.55. The highest BCUT2D eigenvalue weighted by Gasteiger charge is 2.33. The minimum absolute atomic E-state index is 0.0282. The minimum Gasteiger partial charge on any atom is -0.480 e. The Bertz CT molecular complexity index is 818. The third kappa shape index (κ3) is 8.52. The normalized spacial score (nSPS) is 15.5. The van der Waals surface area contributed by atoms with E-state index in [2.05, 4.69) is 38.5 Å². The van der Waals surface area contributed by atoms with E-state index in [1.54, 1.807) is 0 Å². The molecule has 0 bridgehead atoms. The molecule has 1 rings (SSSR count). The number of nitrogens with zero attached hydrogens (tertiary/aromatic N) is 1. The molecular formula is C17H27N7O7S. The molecule has 0 saturated heterocycles. The number of primary amides is 1. The van der Waals surface area contributed by atoms with Crippen LogP contribution in [-0.2, 0) is 30.4 Å². The maximum Gasteiger partial charge on any atom is 0.326 e. The number of nitrogens with two attached hydrogens (primary N) is 2. The summed E-state index contributed by atoms with van der Waals surface area (Å²) in [5, 5.41) is 25.9. The number of imidazole rings is 1. The maximum atomic E-state index is 12.6. The van der Waals surface area contributed by atoms with E-state index in [-0.39, 0.29) is 12.2 Å². The lowest BCUT2D eigenvalue weighted by Crippen LogP contribution is -2.60. The molecule has 14 nitrogen and oxygen atoms in total. The van der Waals surface area contributed by atoms with Gasteiger partial charge >= 0.3 is 5.97 Å². The molecule has 0 aromatic carbocycles. The van der Waals surface area contributed by atoms with Crippen molar-refractivity contribution in [1.29, 1.82) is 0 Å². The van der Waals surface area contributed by atoms with E-state index in [1.807, 2.05) is 0 Å². The molecule has 10 N–H and O–H groups in total. The molecule has 32 heavy (non-hydrogen) atoms. The Labute approximate surface area is 188 Å². The fourth-order valence-electron chi connectivity index (χ4n) is 2.51. The zero-order chi connectivity index (χ0) is 24.4. The lowest BCUT2D eigenvalue weighted by atomic mass is 10.1. The molecule has 0 spiro atoms. The van der Waals surface area contributed by atoms with Crippen molar-refractivity contribution in [2.75, 3.05) is 5.75 Å². The monoisotopic (exact) mass is 473 g/mol. The van der Waals surface area contributed by atoms with Crippen molar-refractivity contribution in [1.82, 2.24) is 25.9 Å². The number of carboxylic acid groups (broad SMARTS) is 1. The number of aliphatic carboxylic acids is 1. The fraction of sp³-hybridized carbons (Fsp3) is 0.529. The Morgan fingerprint density at radius 2 is 1.75 bits per heavy atom. The van der Waals surface area contributed by atoms with E-state index < -0.39 is 66.3 Å². The Balaban J connectivity index is 2.95. The molecule has 178 valence electrons. The number of H-pyrrole nitrogens is 1. The van der Waals surface area contributed by atoms with Crippen LogP contribution in [0, 0.1) is 0 Å². The predicted octanol–water partition coefficient (Wildman–Crippen LogP) is -4.00. The van der Waals surface area contributed by atoms with Gasteiger partial charge in [-0.2, -0.15) is 12.6 Å². The second kappa shape index (κ2) is 12.6. The van der Waals surface area contributed by atoms with Gasteiger partial charge in [-0.25, -0.2) is 9.78 Å². The van der Waals surface area contributed by atoms with Crippen molar-refractivity contribution in [3.05, 3.63) is 18.2 Å². The van der Waals surface area contributed by atoms with E-state index >= 15 is 0 Å². The number of aromatic nitrogens is 2. The molecule has 0 radical (unpaired) electrons. The molecule has 5 unspecified atom stereocenters. The fourth-order valence-corrected chi connectivity index (χ4v) is 2.67. The zero-order valence-corrected chi connectivity index (χ0v) is 18.0. The highest BCUT2D eigenvalue weighted by Crippen LogP contribution is 2.03. The molecule has 4 amide bonds. The minimum atomic E-state index is -1.57. The number of rotatable bonds is 13. The highest BCUT2D eigenvalue weighted by molar-refractivity contribution is 7.80. The summed E-state index contributed by atoms with van der Waals surface area (Å²) >= 11 is 3.87. The number of aliphatic hydroxyl groups excluding tert-OH is 1. The third-order valence-electron chi connectivity index (χ3n) is 4.23. The van der Waals surface area contributed by atoms with Gasteiger partial charge in [0.05, 0.1) is 24.9 Å². The Morgan fingerprint density at radius 1 is 1.12 bits per heavy atom. The molecule has 1 aromatic heterocycles. The van der Waals surface area contributed by atoms with Gasteiger partial charge in [-0.15, -0.1) is 0 Å². The lowest BCUT2D eigenvalue weighted by molar-refractivity contribution is -0.142. The average molecular weight is 474 g/mol. The van der Waals surface area contributed by atoms with Gasteiger partial charge in [0, 0.05) is 24.1 Å². The van der Waals surface area contributed by atoms with Crippen molar-refractivity contribution < 1.29 is 34.2 Å². The molecule has 15 heteroatoms. The van der Waals surface area contributed by atoms with Crippen LogP contribution in [0.25, 0.3) is 0 Å². The van der Waals surface area contributed by atoms with Crippen LogP contribution in [0.5, 0.6) is 0 Å². The number of aromatic amines is 1. The van der Waals surface area contributed by atoms with Gasteiger partial charge in [0.25, 0.3) is 0 Å². The van der Waals surface area contributed by atoms with E-state index in [9.17, 15) is 34.2 Å². The molecule has 5 atom stereocenters. The van der Waals surface area contributed by atoms with E-state index in [1.165, 1.54) is 19.4 Å². The molecule has 1 heterocycles. The van der Waals surface area contributed by atoms with Gasteiger partial charge < -0.3 is 42.6 Å². The van der Waals surface area contributed by atoms with Gasteiger partial charge in [0.15, 0.2) is 0 Å². The van der Waals surface area contributed by atoms with Crippen LogP contribution in [0.4, 0.5) is 0 Å². The number of aliphatic hydroxyl groups is 1. The van der Waals surface area contributed by atoms with E-state index in [4.69, 9.17) is 11.5 Å². The second-order valence-electron chi connectivity index (χ2n) is 6.93. The molecule has 0 saturated carbocycles. The first-order valence-corrected chi connectivity index (χ1v) is 10.0. The average Bonchev–Trinajstić information content (AvgIpc) is 3.22. The Morgan fingerprint density at radius 3 is 2.22 bits per heavy atom. The number of carbonyl (C=O) groups is 5. The number of carboxylic acids is 1. The molecule has 1 aromatic rings. The topological polar surface area (TPSA) is 243 Å². The van der Waals surface area contributed by atoms with Crippen molar-refractivity contribution in [2.45, 2.75) is 50.0 Å². The summed E-state index contributed by atoms with van der Waals surface area (Å²) in [7, 11) is 0. The number of hydrogen-bond acceptors (Lipinski definition) is 9. The summed E-state index contributed by atoms with van der Waals surface area (Å²) in [6.45, 7) is 1.21. The number of hydrogen-bond donors (Lipinski definition) is 9. The largest absolute Gasteiger partial charge is 0.480 e. The molecule has 0 aliphatic rings. The predicted molar refractivity (Wildman–Crippen MR) is 113 cm³/mol. The van der Waals surface area contributed by atoms with Crippen LogP contribution in [0.1, 0.15) is 19.0 Å². The van der Waals surface area contributed by atoms with Gasteiger partial charge in [0.2, 0.25) is 23.6 Å². The Hall–Kier alpha value is -3.17. The van der Waals surface area contributed by atoms with Crippen molar-refractivity contribution >= 4 is 42.2 Å². The first-order valence-electron chi connectivity index (χ1n) is 9.40. The van der Waals surface area contributed by atoms with Crippen LogP contribution >= 0.6 is 12.6 Å². The molecule has 0 fully saturated rings. The second-order valence-corrected chi connectivity index (χ2v) is 7.29. The summed E-state index contributed by atoms with van der Waals surface area (Å²) in [6.07, 6.45) is 0.499. The van der Waals surface area contributed by atoms with Crippen LogP contribution in [0.15, 0.2) is 12.5 Å². The van der Waals surface area contributed by atoms with Gasteiger partial charge in [-0.3, -0.25) is 19.2 Å². The first-order chi connectivity index (χ1) is 15.0. The van der Waals surface area contributed by atoms with Crippen LogP contribution < -0.4 is 27.4 Å². The molecule has 0 aliphatic heterocycles. The maximum absolute atomic E-state index is 12.6. The van der Waals surface area contributed by atoms with Crippen LogP contribution in [0.2, 0.25) is 0 Å². The first kappa shape index (κ1) is 26.9. The smallest absolute Gasteiger partial charge is 0.326 e. The number of carbonyl (C=O) groups excluding carboxylic acids is 4. The number of thiol groups is 1. The Kier molecular flexibility index (Phi) is 10.6. The van der Waals surface area contributed by atoms with Crippen molar-refractivity contribution in [2.24, 2.45) is 11.5 Å². The van der Waals surface area contributed by atoms with Gasteiger partial charge in [-0.05, 0) is 6.92 Å². The van der Waals surface area contributed by atoms with E-state index in [0.29, 0.717) is 5.69 Å². The van der Waals surface area contributed by atoms with Gasteiger partial charge in [0.1, 0.15) is 18.1 Å². The quantitative estimate of drug-likeness (QED) is 0.127. The number of nitrogens with one attached hydrogen (secondary N) is 4. The van der Waals surface area contributed by atoms with Crippen molar-refractivity contribution in [3.63, 3.8) is 0 Å². The summed E-state index contributed by atoms with van der Waals surface area (Å²) < 4.78 is 0. The van der Waals surface area contributed by atoms with Crippen LogP contribution in [-0.4, -0.2) is 85.8 Å². The molecular weight excluding hydrogens is 446 g/mol. The highest BCUT2D eigenvalue weighted by atomic mass is 32.1. The molecule has 0 aliphatic carbocycles. The van der Waals surface area contributed by atoms with Gasteiger partial charge in [-0.1, -0.05) is 0 Å². The zero-order valence-electron chi connectivity index (χ0n) is 17.1. The standard InChI is InChI=1S/C17H27N7O7S/c1-7(25)13(24-14(27)9(18)5-32)16(29)22-10(3-12(19)26)15(28)23-11(17(30)31)2-8-4-20-6-21-8/h4,6-7,9-11,13,25,32H,2-3,5,18H2,1H3,(H2,19,26)(H,20,21)(H,22,29)(H,23,28)(H,24,27)(H,30,31). The number of amides is 4.